The number of nitrogens with zero attached hydrogens (tertiary/aromatic N) is 1. The predicted octanol–water partition coefficient (Wildman–Crippen LogP) is 1.45. The highest BCUT2D eigenvalue weighted by Crippen LogP contribution is 2.36. The van der Waals surface area contributed by atoms with E-state index in [1.165, 1.54) is 13.4 Å². The van der Waals surface area contributed by atoms with Gasteiger partial charge in [-0.25, -0.2) is 14.6 Å². The molecule has 8 nitrogen and oxygen atoms in total. The highest BCUT2D eigenvalue weighted by molar-refractivity contribution is 5.97. The topological polar surface area (TPSA) is 114 Å². The van der Waals surface area contributed by atoms with Gasteiger partial charge in [0.1, 0.15) is 17.4 Å². The number of carbonyl (C=O) groups is 2. The van der Waals surface area contributed by atoms with Crippen LogP contribution in [0.3, 0.4) is 0 Å². The molecule has 8 heteroatoms. The number of hydrogen-bond acceptors (Lipinski definition) is 6. The average Bonchev–Trinajstić information content (AvgIpc) is 3.04. The minimum Gasteiger partial charge on any atom is -0.467 e. The normalized spacial score (nSPS) is 15.2. The molecule has 0 aromatic carbocycles. The van der Waals surface area contributed by atoms with Crippen molar-refractivity contribution in [1.29, 1.82) is 0 Å². The zero-order valence-electron chi connectivity index (χ0n) is 14.7. The van der Waals surface area contributed by atoms with Crippen LogP contribution in [0, 0.1) is 6.92 Å². The van der Waals surface area contributed by atoms with Gasteiger partial charge in [0.05, 0.1) is 13.4 Å². The van der Waals surface area contributed by atoms with E-state index in [1.807, 2.05) is 0 Å². The van der Waals surface area contributed by atoms with Gasteiger partial charge in [0.25, 0.3) is 5.91 Å². The molecule has 0 bridgehead atoms. The molecule has 1 amide bonds. The third-order valence-electron chi connectivity index (χ3n) is 4.67. The third kappa shape index (κ3) is 3.68. The Hall–Kier alpha value is -2.90. The molecule has 26 heavy (non-hydrogen) atoms. The number of hydrogen-bond donors (Lipinski definition) is 2. The van der Waals surface area contributed by atoms with E-state index in [4.69, 9.17) is 9.15 Å². The number of H-pyrrole nitrogens is 1. The molecule has 138 valence electrons. The summed E-state index contributed by atoms with van der Waals surface area (Å²) in [6, 6.07) is 0.792. The van der Waals surface area contributed by atoms with Crippen molar-refractivity contribution >= 4 is 11.9 Å². The number of rotatable bonds is 6. The van der Waals surface area contributed by atoms with Crippen LogP contribution < -0.4 is 10.9 Å². The molecule has 2 heterocycles. The maximum Gasteiger partial charge on any atom is 0.349 e. The number of amides is 1. The number of nitrogens with one attached hydrogen (secondary N) is 2. The first-order chi connectivity index (χ1) is 12.5. The number of esters is 1. The second kappa shape index (κ2) is 7.55. The third-order valence-corrected chi connectivity index (χ3v) is 4.67. The van der Waals surface area contributed by atoms with E-state index >= 15 is 0 Å². The van der Waals surface area contributed by atoms with Crippen LogP contribution in [0.25, 0.3) is 0 Å². The second-order valence-corrected chi connectivity index (χ2v) is 6.45. The highest BCUT2D eigenvalue weighted by atomic mass is 16.5. The summed E-state index contributed by atoms with van der Waals surface area (Å²) in [6.45, 7) is 1.69. The lowest BCUT2D eigenvalue weighted by Crippen LogP contribution is -2.44. The summed E-state index contributed by atoms with van der Waals surface area (Å²) < 4.78 is 10.1. The molecular formula is C18H21N3O5. The van der Waals surface area contributed by atoms with Gasteiger partial charge in [-0.2, -0.15) is 0 Å². The Balaban J connectivity index is 1.80. The zero-order chi connectivity index (χ0) is 18.7. The molecule has 1 fully saturated rings. The van der Waals surface area contributed by atoms with E-state index in [-0.39, 0.29) is 17.9 Å². The van der Waals surface area contributed by atoms with Crippen molar-refractivity contribution in [3.05, 3.63) is 51.6 Å². The fourth-order valence-electron chi connectivity index (χ4n) is 2.98. The molecule has 0 spiro atoms. The summed E-state index contributed by atoms with van der Waals surface area (Å²) in [5.74, 6) is -0.397. The quantitative estimate of drug-likeness (QED) is 0.755. The maximum absolute atomic E-state index is 12.6. The van der Waals surface area contributed by atoms with Crippen LogP contribution in [0.15, 0.2) is 27.8 Å². The van der Waals surface area contributed by atoms with E-state index in [2.05, 4.69) is 15.3 Å². The fourth-order valence-corrected chi connectivity index (χ4v) is 2.98. The molecule has 0 unspecified atom stereocenters. The lowest BCUT2D eigenvalue weighted by atomic mass is 9.83. The van der Waals surface area contributed by atoms with Gasteiger partial charge in [0.2, 0.25) is 0 Å². The Bertz CT molecular complexity index is 852. The number of aryl methyl sites for hydroxylation is 1. The molecule has 2 aromatic rings. The van der Waals surface area contributed by atoms with Gasteiger partial charge in [0, 0.05) is 24.2 Å². The summed E-state index contributed by atoms with van der Waals surface area (Å²) in [5, 5.41) is 2.56. The van der Waals surface area contributed by atoms with Crippen molar-refractivity contribution in [3.63, 3.8) is 0 Å². The molecule has 3 rings (SSSR count). The lowest BCUT2D eigenvalue weighted by molar-refractivity contribution is -0.142. The number of aromatic amines is 1. The SMILES string of the molecule is COC(=O)[C@H](Cc1cnc[nH]1)NC(=O)c1c(C)cc(C2CCC2)oc1=O. The average molecular weight is 359 g/mol. The fraction of sp³-hybridized carbons (Fsp3) is 0.444. The van der Waals surface area contributed by atoms with Gasteiger partial charge < -0.3 is 19.5 Å². The number of methoxy groups -OCH3 is 1. The maximum atomic E-state index is 12.6. The Labute approximate surface area is 150 Å². The van der Waals surface area contributed by atoms with Crippen LogP contribution >= 0.6 is 0 Å². The van der Waals surface area contributed by atoms with Gasteiger partial charge in [-0.15, -0.1) is 0 Å². The minimum absolute atomic E-state index is 0.0911. The number of carbonyl (C=O) groups excluding carboxylic acids is 2. The van der Waals surface area contributed by atoms with E-state index in [0.29, 0.717) is 17.0 Å². The van der Waals surface area contributed by atoms with Crippen LogP contribution in [0.1, 0.15) is 52.6 Å². The molecular weight excluding hydrogens is 338 g/mol. The monoisotopic (exact) mass is 359 g/mol. The van der Waals surface area contributed by atoms with Crippen molar-refractivity contribution in [2.75, 3.05) is 7.11 Å². The van der Waals surface area contributed by atoms with Crippen LogP contribution in [-0.2, 0) is 16.0 Å². The van der Waals surface area contributed by atoms with E-state index in [1.54, 1.807) is 19.2 Å². The summed E-state index contributed by atoms with van der Waals surface area (Å²) in [5.41, 5.74) is 0.414. The molecule has 1 saturated carbocycles. The van der Waals surface area contributed by atoms with E-state index in [9.17, 15) is 14.4 Å². The molecule has 0 saturated heterocycles. The van der Waals surface area contributed by atoms with E-state index < -0.39 is 23.5 Å². The summed E-state index contributed by atoms with van der Waals surface area (Å²) >= 11 is 0. The molecule has 0 radical (unpaired) electrons. The van der Waals surface area contributed by atoms with E-state index in [0.717, 1.165) is 19.3 Å². The van der Waals surface area contributed by atoms with Crippen LogP contribution in [-0.4, -0.2) is 35.0 Å². The molecule has 2 N–H and O–H groups in total. The van der Waals surface area contributed by atoms with Gasteiger partial charge in [-0.1, -0.05) is 6.42 Å². The first-order valence-corrected chi connectivity index (χ1v) is 8.50. The molecule has 0 aliphatic heterocycles. The molecule has 1 atom stereocenters. The molecule has 2 aromatic heterocycles. The van der Waals surface area contributed by atoms with Crippen molar-refractivity contribution in [3.8, 4) is 0 Å². The number of ether oxygens (including phenoxy) is 1. The second-order valence-electron chi connectivity index (χ2n) is 6.45. The van der Waals surface area contributed by atoms with Crippen LogP contribution in [0.4, 0.5) is 0 Å². The Morgan fingerprint density at radius 1 is 1.46 bits per heavy atom. The largest absolute Gasteiger partial charge is 0.467 e. The number of imidazole rings is 1. The van der Waals surface area contributed by atoms with Crippen molar-refractivity contribution in [2.45, 2.75) is 44.6 Å². The van der Waals surface area contributed by atoms with Crippen LogP contribution in [0.2, 0.25) is 0 Å². The number of aromatic nitrogens is 2. The van der Waals surface area contributed by atoms with Gasteiger partial charge in [0.15, 0.2) is 0 Å². The summed E-state index contributed by atoms with van der Waals surface area (Å²) in [4.78, 5) is 43.7. The Morgan fingerprint density at radius 2 is 2.23 bits per heavy atom. The standard InChI is InChI=1S/C18H21N3O5/c1-10-6-14(11-4-3-5-11)26-18(24)15(10)16(22)21-13(17(23)25-2)7-12-8-19-9-20-12/h6,8-9,11,13H,3-5,7H2,1-2H3,(H,19,20)(H,21,22)/t13-/m0/s1. The first-order valence-electron chi connectivity index (χ1n) is 8.50. The van der Waals surface area contributed by atoms with Crippen LogP contribution in [0.5, 0.6) is 0 Å². The van der Waals surface area contributed by atoms with Gasteiger partial charge >= 0.3 is 11.6 Å². The van der Waals surface area contributed by atoms with Crippen molar-refractivity contribution in [1.82, 2.24) is 15.3 Å². The summed E-state index contributed by atoms with van der Waals surface area (Å²) in [6.07, 6.45) is 6.29. The highest BCUT2D eigenvalue weighted by Gasteiger charge is 2.28. The Morgan fingerprint density at radius 3 is 2.77 bits per heavy atom. The zero-order valence-corrected chi connectivity index (χ0v) is 14.7. The van der Waals surface area contributed by atoms with Gasteiger partial charge in [-0.3, -0.25) is 4.79 Å². The first kappa shape index (κ1) is 17.9. The van der Waals surface area contributed by atoms with Crippen molar-refractivity contribution < 1.29 is 18.7 Å². The van der Waals surface area contributed by atoms with Gasteiger partial charge in [-0.05, 0) is 31.4 Å². The Kier molecular flexibility index (Phi) is 5.20. The molecule has 1 aliphatic rings. The predicted molar refractivity (Wildman–Crippen MR) is 91.9 cm³/mol. The lowest BCUT2D eigenvalue weighted by Gasteiger charge is -2.24. The molecule has 1 aliphatic carbocycles. The van der Waals surface area contributed by atoms with Crippen molar-refractivity contribution in [2.24, 2.45) is 0 Å². The summed E-state index contributed by atoms with van der Waals surface area (Å²) in [7, 11) is 1.24. The smallest absolute Gasteiger partial charge is 0.349 e. The minimum atomic E-state index is -0.946.